The molecule has 4 heteroatoms. The highest BCUT2D eigenvalue weighted by molar-refractivity contribution is 5.31. The van der Waals surface area contributed by atoms with E-state index < -0.39 is 5.79 Å². The fourth-order valence-electron chi connectivity index (χ4n) is 4.51. The molecular weight excluding hydrogens is 348 g/mol. The lowest BCUT2D eigenvalue weighted by atomic mass is 9.79. The minimum atomic E-state index is -0.560. The van der Waals surface area contributed by atoms with Crippen LogP contribution in [0.5, 0.6) is 0 Å². The van der Waals surface area contributed by atoms with Gasteiger partial charge < -0.3 is 14.0 Å². The molecule has 0 N–H and O–H groups in total. The molecule has 2 heterocycles. The third-order valence-electron chi connectivity index (χ3n) is 6.11. The van der Waals surface area contributed by atoms with E-state index in [2.05, 4.69) is 55.4 Å². The van der Waals surface area contributed by atoms with E-state index in [1.54, 1.807) is 0 Å². The molecular formula is C24H36N2O2. The number of aryl methyl sites for hydroxylation is 3. The molecule has 4 nitrogen and oxygen atoms in total. The van der Waals surface area contributed by atoms with E-state index in [4.69, 9.17) is 9.47 Å². The molecule has 0 bridgehead atoms. The maximum absolute atomic E-state index is 6.62. The van der Waals surface area contributed by atoms with Gasteiger partial charge >= 0.3 is 0 Å². The van der Waals surface area contributed by atoms with Crippen LogP contribution < -0.4 is 0 Å². The Morgan fingerprint density at radius 1 is 1.04 bits per heavy atom. The second-order valence-corrected chi connectivity index (χ2v) is 8.65. The molecule has 1 aromatic heterocycles. The molecule has 0 radical (unpaired) electrons. The zero-order chi connectivity index (χ0) is 20.0. The van der Waals surface area contributed by atoms with Gasteiger partial charge in [0.15, 0.2) is 5.79 Å². The summed E-state index contributed by atoms with van der Waals surface area (Å²) in [5.41, 5.74) is 4.09. The average Bonchev–Trinajstić information content (AvgIpc) is 3.19. The molecule has 0 amide bonds. The molecule has 154 valence electrons. The molecule has 3 rings (SSSR count). The van der Waals surface area contributed by atoms with Crippen molar-refractivity contribution in [2.45, 2.75) is 78.6 Å². The van der Waals surface area contributed by atoms with Crippen LogP contribution in [0.25, 0.3) is 0 Å². The predicted molar refractivity (Wildman–Crippen MR) is 113 cm³/mol. The van der Waals surface area contributed by atoms with Crippen molar-refractivity contribution in [2.24, 2.45) is 5.41 Å². The molecule has 2 aromatic rings. The lowest BCUT2D eigenvalue weighted by Gasteiger charge is -2.47. The number of rotatable bonds is 9. The number of aromatic nitrogens is 2. The predicted octanol–water partition coefficient (Wildman–Crippen LogP) is 5.46. The summed E-state index contributed by atoms with van der Waals surface area (Å²) in [5, 5.41) is 0. The van der Waals surface area contributed by atoms with Crippen molar-refractivity contribution in [1.82, 2.24) is 9.55 Å². The zero-order valence-electron chi connectivity index (χ0n) is 18.0. The SMILES string of the molecule is CCCC1(CCC)COC(CCn2ccnc2)(Cc2ccc(C)cc2C)OC1. The molecule has 0 atom stereocenters. The molecule has 1 saturated heterocycles. The van der Waals surface area contributed by atoms with Gasteiger partial charge in [0.25, 0.3) is 0 Å². The molecule has 0 aliphatic carbocycles. The van der Waals surface area contributed by atoms with Gasteiger partial charge in [-0.05, 0) is 37.8 Å². The minimum absolute atomic E-state index is 0.171. The van der Waals surface area contributed by atoms with Gasteiger partial charge in [0.1, 0.15) is 0 Å². The lowest BCUT2D eigenvalue weighted by molar-refractivity contribution is -0.309. The topological polar surface area (TPSA) is 36.3 Å². The summed E-state index contributed by atoms with van der Waals surface area (Å²) in [4.78, 5) is 4.17. The smallest absolute Gasteiger partial charge is 0.174 e. The normalized spacial score (nSPS) is 18.3. The largest absolute Gasteiger partial charge is 0.349 e. The molecule has 28 heavy (non-hydrogen) atoms. The summed E-state index contributed by atoms with van der Waals surface area (Å²) in [6.07, 6.45) is 12.0. The van der Waals surface area contributed by atoms with Crippen LogP contribution in [0.4, 0.5) is 0 Å². The van der Waals surface area contributed by atoms with E-state index >= 15 is 0 Å². The third kappa shape index (κ3) is 5.03. The van der Waals surface area contributed by atoms with Crippen molar-refractivity contribution in [3.8, 4) is 0 Å². The summed E-state index contributed by atoms with van der Waals surface area (Å²) in [7, 11) is 0. The Labute approximate surface area is 170 Å². The summed E-state index contributed by atoms with van der Waals surface area (Å²) in [6.45, 7) is 11.3. The molecule has 1 aliphatic rings. The van der Waals surface area contributed by atoms with Crippen molar-refractivity contribution >= 4 is 0 Å². The second-order valence-electron chi connectivity index (χ2n) is 8.65. The zero-order valence-corrected chi connectivity index (χ0v) is 18.0. The lowest BCUT2D eigenvalue weighted by Crippen LogP contribution is -2.51. The Balaban J connectivity index is 1.79. The highest BCUT2D eigenvalue weighted by atomic mass is 16.7. The molecule has 0 spiro atoms. The number of benzene rings is 1. The number of imidazole rings is 1. The van der Waals surface area contributed by atoms with Crippen molar-refractivity contribution in [1.29, 1.82) is 0 Å². The number of hydrogen-bond acceptors (Lipinski definition) is 3. The summed E-state index contributed by atoms with van der Waals surface area (Å²) >= 11 is 0. The molecule has 1 aliphatic heterocycles. The quantitative estimate of drug-likeness (QED) is 0.576. The van der Waals surface area contributed by atoms with Crippen LogP contribution >= 0.6 is 0 Å². The first-order valence-corrected chi connectivity index (χ1v) is 10.8. The molecule has 0 unspecified atom stereocenters. The molecule has 0 saturated carbocycles. The summed E-state index contributed by atoms with van der Waals surface area (Å²) in [6, 6.07) is 6.67. The van der Waals surface area contributed by atoms with E-state index in [0.29, 0.717) is 0 Å². The Kier molecular flexibility index (Phi) is 6.95. The first-order chi connectivity index (χ1) is 13.5. The Morgan fingerprint density at radius 2 is 1.75 bits per heavy atom. The Morgan fingerprint density at radius 3 is 2.32 bits per heavy atom. The number of ether oxygens (including phenoxy) is 2. The van der Waals surface area contributed by atoms with Crippen molar-refractivity contribution in [3.05, 3.63) is 53.6 Å². The van der Waals surface area contributed by atoms with E-state index in [1.165, 1.54) is 42.4 Å². The maximum atomic E-state index is 6.62. The van der Waals surface area contributed by atoms with Crippen LogP contribution in [-0.4, -0.2) is 28.6 Å². The van der Waals surface area contributed by atoms with Crippen LogP contribution in [0.3, 0.4) is 0 Å². The van der Waals surface area contributed by atoms with Crippen LogP contribution in [-0.2, 0) is 22.4 Å². The fraction of sp³-hybridized carbons (Fsp3) is 0.625. The number of hydrogen-bond donors (Lipinski definition) is 0. The second kappa shape index (κ2) is 9.23. The standard InChI is InChI=1S/C24H36N2O2/c1-5-9-23(10-6-2)17-27-24(28-18-23,11-13-26-14-12-25-19-26)16-22-8-7-20(3)15-21(22)4/h7-8,12,14-15,19H,5-6,9-11,13,16-18H2,1-4H3. The van der Waals surface area contributed by atoms with Gasteiger partial charge in [-0.25, -0.2) is 4.98 Å². The van der Waals surface area contributed by atoms with Gasteiger partial charge in [-0.3, -0.25) is 0 Å². The van der Waals surface area contributed by atoms with Crippen LogP contribution in [0.1, 0.15) is 62.6 Å². The Bertz CT molecular complexity index is 723. The highest BCUT2D eigenvalue weighted by Gasteiger charge is 2.44. The third-order valence-corrected chi connectivity index (χ3v) is 6.11. The van der Waals surface area contributed by atoms with E-state index in [9.17, 15) is 0 Å². The fourth-order valence-corrected chi connectivity index (χ4v) is 4.51. The molecule has 1 fully saturated rings. The van der Waals surface area contributed by atoms with Gasteiger partial charge in [-0.15, -0.1) is 0 Å². The van der Waals surface area contributed by atoms with E-state index in [1.807, 2.05) is 18.7 Å². The van der Waals surface area contributed by atoms with Crippen molar-refractivity contribution < 1.29 is 9.47 Å². The average molecular weight is 385 g/mol. The van der Waals surface area contributed by atoms with Gasteiger partial charge in [0, 0.05) is 37.2 Å². The maximum Gasteiger partial charge on any atom is 0.174 e. The summed E-state index contributed by atoms with van der Waals surface area (Å²) in [5.74, 6) is -0.560. The van der Waals surface area contributed by atoms with Crippen LogP contribution in [0, 0.1) is 19.3 Å². The van der Waals surface area contributed by atoms with Crippen molar-refractivity contribution in [2.75, 3.05) is 13.2 Å². The Hall–Kier alpha value is -1.65. The van der Waals surface area contributed by atoms with E-state index in [-0.39, 0.29) is 5.41 Å². The van der Waals surface area contributed by atoms with Gasteiger partial charge in [-0.2, -0.15) is 0 Å². The van der Waals surface area contributed by atoms with Gasteiger partial charge in [-0.1, -0.05) is 50.5 Å². The van der Waals surface area contributed by atoms with Crippen LogP contribution in [0.15, 0.2) is 36.9 Å². The summed E-state index contributed by atoms with van der Waals surface area (Å²) < 4.78 is 15.3. The van der Waals surface area contributed by atoms with E-state index in [0.717, 1.165) is 32.6 Å². The van der Waals surface area contributed by atoms with Gasteiger partial charge in [0.2, 0.25) is 0 Å². The first kappa shape index (κ1) is 21.1. The first-order valence-electron chi connectivity index (χ1n) is 10.8. The van der Waals surface area contributed by atoms with Crippen LogP contribution in [0.2, 0.25) is 0 Å². The monoisotopic (exact) mass is 384 g/mol. The number of nitrogens with zero attached hydrogens (tertiary/aromatic N) is 2. The highest BCUT2D eigenvalue weighted by Crippen LogP contribution is 2.40. The molecule has 1 aromatic carbocycles. The van der Waals surface area contributed by atoms with Crippen molar-refractivity contribution in [3.63, 3.8) is 0 Å². The van der Waals surface area contributed by atoms with Gasteiger partial charge in [0.05, 0.1) is 19.5 Å². The minimum Gasteiger partial charge on any atom is -0.349 e.